The first-order valence-corrected chi connectivity index (χ1v) is 53.0. The molecule has 9 heteroatoms. The molecule has 718 valence electrons. The first-order chi connectivity index (χ1) is 73.1. The van der Waals surface area contributed by atoms with Gasteiger partial charge in [-0.15, -0.1) is 34.0 Å². The highest BCUT2D eigenvalue weighted by atomic mass is 32.1. The van der Waals surface area contributed by atoms with E-state index in [1.165, 1.54) is 192 Å². The van der Waals surface area contributed by atoms with Gasteiger partial charge in [-0.2, -0.15) is 0 Å². The Hall–Kier alpha value is -17.7. The van der Waals surface area contributed by atoms with E-state index in [1.54, 1.807) is 0 Å². The van der Waals surface area contributed by atoms with E-state index in [4.69, 9.17) is 17.7 Å². The predicted molar refractivity (Wildman–Crippen MR) is 645 cm³/mol. The Kier molecular flexibility index (Phi) is 26.8. The van der Waals surface area contributed by atoms with Gasteiger partial charge >= 0.3 is 0 Å². The van der Waals surface area contributed by atoms with Crippen LogP contribution < -0.4 is 9.80 Å². The lowest BCUT2D eigenvalue weighted by Gasteiger charge is -2.29. The number of anilines is 6. The van der Waals surface area contributed by atoms with Crippen molar-refractivity contribution in [3.8, 4) is 11.1 Å². The fourth-order valence-electron chi connectivity index (χ4n) is 20.2. The number of para-hydroxylation sites is 5. The van der Waals surface area contributed by atoms with Crippen molar-refractivity contribution < 1.29 is 17.7 Å². The van der Waals surface area contributed by atoms with E-state index >= 15 is 0 Å². The number of hydrogen-bond donors (Lipinski definition) is 0. The van der Waals surface area contributed by atoms with Gasteiger partial charge in [-0.1, -0.05) is 356 Å². The first-order valence-electron chi connectivity index (χ1n) is 50.6. The minimum atomic E-state index is 0.966. The molecule has 0 fully saturated rings. The molecule has 149 heavy (non-hydrogen) atoms. The fourth-order valence-corrected chi connectivity index (χ4v) is 23.7. The number of rotatable bonds is 7. The molecule has 0 amide bonds. The van der Waals surface area contributed by atoms with Gasteiger partial charge in [0, 0.05) is 138 Å². The van der Waals surface area contributed by atoms with Crippen LogP contribution in [-0.2, 0) is 0 Å². The highest BCUT2D eigenvalue weighted by Crippen LogP contribution is 2.45. The Morgan fingerprint density at radius 2 is 0.483 bits per heavy atom. The van der Waals surface area contributed by atoms with E-state index in [2.05, 4.69) is 472 Å². The molecule has 30 rings (SSSR count). The number of thiophene rings is 3. The van der Waals surface area contributed by atoms with E-state index in [-0.39, 0.29) is 0 Å². The monoisotopic (exact) mass is 1970 g/mol. The molecule has 0 aliphatic heterocycles. The van der Waals surface area contributed by atoms with Crippen LogP contribution in [0.1, 0.15) is 44.5 Å². The molecule has 0 radical (unpaired) electrons. The minimum absolute atomic E-state index is 0.966. The Morgan fingerprint density at radius 3 is 1.05 bits per heavy atom. The number of benzene rings is 23. The van der Waals surface area contributed by atoms with E-state index < -0.39 is 0 Å². The normalized spacial score (nSPS) is 11.2. The number of hydrogen-bond acceptors (Lipinski definition) is 9. The summed E-state index contributed by atoms with van der Waals surface area (Å²) >= 11 is 5.63. The summed E-state index contributed by atoms with van der Waals surface area (Å²) in [5.74, 6) is 0. The van der Waals surface area contributed by atoms with Gasteiger partial charge < -0.3 is 27.5 Å². The molecule has 7 heterocycles. The summed E-state index contributed by atoms with van der Waals surface area (Å²) < 4.78 is 31.3. The molecule has 23 aromatic carbocycles. The van der Waals surface area contributed by atoms with Gasteiger partial charge in [-0.05, 0) is 284 Å². The third kappa shape index (κ3) is 20.0. The quantitative estimate of drug-likeness (QED) is 0.158. The van der Waals surface area contributed by atoms with Crippen molar-refractivity contribution >= 4 is 249 Å². The van der Waals surface area contributed by atoms with Crippen LogP contribution in [0, 0.1) is 55.4 Å². The molecule has 0 aliphatic carbocycles. The molecular formula is C140H106N2O4S3. The lowest BCUT2D eigenvalue weighted by Crippen LogP contribution is -2.12. The van der Waals surface area contributed by atoms with E-state index in [0.717, 1.165) is 78.8 Å². The molecule has 30 aromatic rings. The second-order valence-electron chi connectivity index (χ2n) is 38.2. The van der Waals surface area contributed by atoms with Crippen LogP contribution in [0.3, 0.4) is 0 Å². The van der Waals surface area contributed by atoms with Gasteiger partial charge in [-0.3, -0.25) is 0 Å². The van der Waals surface area contributed by atoms with E-state index in [9.17, 15) is 0 Å². The van der Waals surface area contributed by atoms with Crippen molar-refractivity contribution in [2.45, 2.75) is 55.4 Å². The zero-order chi connectivity index (χ0) is 101. The molecule has 0 bridgehead atoms. The first kappa shape index (κ1) is 94.9. The Bertz CT molecular complexity index is 9670. The Morgan fingerprint density at radius 1 is 0.161 bits per heavy atom. The van der Waals surface area contributed by atoms with E-state index in [1.807, 2.05) is 125 Å². The molecule has 0 spiro atoms. The van der Waals surface area contributed by atoms with Crippen molar-refractivity contribution in [1.82, 2.24) is 0 Å². The number of aryl methyl sites for hydroxylation is 8. The average Bonchev–Trinajstić information content (AvgIpc) is 1.58. The van der Waals surface area contributed by atoms with Crippen LogP contribution in [0.5, 0.6) is 0 Å². The molecule has 7 aromatic heterocycles. The van der Waals surface area contributed by atoms with Crippen LogP contribution in [0.25, 0.3) is 192 Å². The summed E-state index contributed by atoms with van der Waals surface area (Å²) in [4.78, 5) is 4.71. The molecular weight excluding hydrogens is 1870 g/mol. The second-order valence-corrected chi connectivity index (χ2v) is 41.5. The average molecular weight is 1980 g/mol. The van der Waals surface area contributed by atoms with Gasteiger partial charge in [0.15, 0.2) is 0 Å². The summed E-state index contributed by atoms with van der Waals surface area (Å²) in [6, 6.07) is 176. The molecule has 6 nitrogen and oxygen atoms in total. The third-order valence-electron chi connectivity index (χ3n) is 27.8. The lowest BCUT2D eigenvalue weighted by atomic mass is 10.0. The molecule has 0 saturated heterocycles. The van der Waals surface area contributed by atoms with Crippen molar-refractivity contribution in [2.75, 3.05) is 9.80 Å². The largest absolute Gasteiger partial charge is 0.456 e. The van der Waals surface area contributed by atoms with Gasteiger partial charge in [0.05, 0.1) is 0 Å². The van der Waals surface area contributed by atoms with Crippen molar-refractivity contribution in [1.29, 1.82) is 0 Å². The maximum Gasteiger partial charge on any atom is 0.138 e. The fraction of sp³-hybridized carbons (Fsp3) is 0.0571. The SMILES string of the molecule is Cc1ccc(-c2ccc(N(c3ccc(N(c4ccc5ccccc5c4)c4ccc5ccccc5c4)cc3)c3ccc4ccccc4c3)cc2)cc1.Cc1ccc2c(c1)oc1ccccc12.Cc1ccc2c(c1)sc1ccccc12.Cc1ccc2oc3ccccc3c2c1.Cc1ccc2sc3ccccc3c2c1.Cc1cccc2c1oc1ccccc12.Cc1cccc2c1sc1ccccc12.Cc1cccc2oc3ccccc3c12. The van der Waals surface area contributed by atoms with Crippen LogP contribution in [0.15, 0.2) is 515 Å². The maximum atomic E-state index is 5.78. The zero-order valence-electron chi connectivity index (χ0n) is 84.1. The summed E-state index contributed by atoms with van der Waals surface area (Å²) in [5.41, 5.74) is 27.2. The van der Waals surface area contributed by atoms with Gasteiger partial charge in [-0.25, -0.2) is 0 Å². The smallest absolute Gasteiger partial charge is 0.138 e. The van der Waals surface area contributed by atoms with Crippen LogP contribution in [0.4, 0.5) is 34.1 Å². The van der Waals surface area contributed by atoms with Gasteiger partial charge in [0.2, 0.25) is 0 Å². The standard InChI is InChI=1S/C49H36N2.4C13H10O.3C13H10S/c1-35-14-16-39(17-15-35)40-18-23-44(24-19-40)50(47-25-20-36-8-2-5-11-41(36)32-47)45-28-30-46(31-29-45)51(48-26-21-37-9-3-6-12-42(37)33-48)49-27-22-38-10-4-7-13-43(38)34-49;1-9-5-4-7-11-10-6-2-3-8-12(10)14-13(9)11;1-9-5-4-8-12-13(9)10-6-2-3-7-11(10)14-12;1-9-6-7-13-11(8-9)10-4-2-3-5-12(10)14-13;1-9-6-7-11-10-4-2-3-5-12(10)14-13(11)8-9;1-9-5-4-7-11-10-6-2-3-8-12(10)14-13(9)11;1-9-6-7-13-11(8-9)10-4-2-3-5-12(10)14-13;1-9-6-7-11-10-4-2-3-5-12(10)14-13(11)8-9/h2-34H,1H3;7*2-8H,1H3. The van der Waals surface area contributed by atoms with Gasteiger partial charge in [0.1, 0.15) is 44.7 Å². The minimum Gasteiger partial charge on any atom is -0.456 e. The van der Waals surface area contributed by atoms with Crippen molar-refractivity contribution in [2.24, 2.45) is 0 Å². The van der Waals surface area contributed by atoms with Gasteiger partial charge in [0.25, 0.3) is 0 Å². The van der Waals surface area contributed by atoms with Crippen molar-refractivity contribution in [3.05, 3.63) is 542 Å². The molecule has 0 aliphatic rings. The number of furan rings is 4. The summed E-state index contributed by atoms with van der Waals surface area (Å²) in [5, 5.41) is 25.3. The number of nitrogens with zero attached hydrogens (tertiary/aromatic N) is 2. The molecule has 0 N–H and O–H groups in total. The maximum absolute atomic E-state index is 5.78. The number of fused-ring (bicyclic) bond motifs is 24. The Balaban J connectivity index is 0.000000102. The highest BCUT2D eigenvalue weighted by Gasteiger charge is 2.21. The van der Waals surface area contributed by atoms with E-state index in [0.29, 0.717) is 0 Å². The molecule has 0 atom stereocenters. The molecule has 0 saturated carbocycles. The summed E-state index contributed by atoms with van der Waals surface area (Å²) in [6.07, 6.45) is 0. The summed E-state index contributed by atoms with van der Waals surface area (Å²) in [6.45, 7) is 17.0. The second kappa shape index (κ2) is 42.2. The van der Waals surface area contributed by atoms with Crippen LogP contribution >= 0.6 is 34.0 Å². The predicted octanol–water partition coefficient (Wildman–Crippen LogP) is 42.7. The Labute approximate surface area is 877 Å². The van der Waals surface area contributed by atoms with Crippen LogP contribution in [-0.4, -0.2) is 0 Å². The zero-order valence-corrected chi connectivity index (χ0v) is 86.5. The third-order valence-corrected chi connectivity index (χ3v) is 31.4. The lowest BCUT2D eigenvalue weighted by molar-refractivity contribution is 0.665. The highest BCUT2D eigenvalue weighted by molar-refractivity contribution is 7.26. The molecule has 0 unspecified atom stereocenters. The summed E-state index contributed by atoms with van der Waals surface area (Å²) in [7, 11) is 0. The van der Waals surface area contributed by atoms with Crippen LogP contribution in [0.2, 0.25) is 0 Å². The van der Waals surface area contributed by atoms with Crippen molar-refractivity contribution in [3.63, 3.8) is 0 Å². The topological polar surface area (TPSA) is 59.0 Å².